The third kappa shape index (κ3) is 4.75. The van der Waals surface area contributed by atoms with Gasteiger partial charge < -0.3 is 10.5 Å². The fourth-order valence-corrected chi connectivity index (χ4v) is 1.85. The molecule has 1 aromatic rings. The summed E-state index contributed by atoms with van der Waals surface area (Å²) >= 11 is 5.90. The average molecular weight is 256 g/mol. The standard InChI is InChI=1S/C13H18ClNO2/c1-17-13-6-5-11(14)8-10(13)9-12(16)4-2-3-7-15/h5-6,8H,2-4,7,9,15H2,1H3. The van der Waals surface area contributed by atoms with Gasteiger partial charge in [0, 0.05) is 23.4 Å². The van der Waals surface area contributed by atoms with Crippen molar-refractivity contribution in [3.63, 3.8) is 0 Å². The molecule has 0 saturated heterocycles. The van der Waals surface area contributed by atoms with E-state index in [1.807, 2.05) is 0 Å². The second-order valence-electron chi connectivity index (χ2n) is 3.92. The number of benzene rings is 1. The molecule has 0 aromatic heterocycles. The number of hydrogen-bond acceptors (Lipinski definition) is 3. The van der Waals surface area contributed by atoms with E-state index in [4.69, 9.17) is 22.1 Å². The molecule has 0 amide bonds. The van der Waals surface area contributed by atoms with Crippen LogP contribution in [0.3, 0.4) is 0 Å². The molecule has 0 heterocycles. The van der Waals surface area contributed by atoms with E-state index in [0.29, 0.717) is 30.2 Å². The number of carbonyl (C=O) groups is 1. The van der Waals surface area contributed by atoms with Gasteiger partial charge in [0.1, 0.15) is 11.5 Å². The van der Waals surface area contributed by atoms with E-state index in [2.05, 4.69) is 0 Å². The molecule has 4 heteroatoms. The van der Waals surface area contributed by atoms with Crippen LogP contribution in [0.5, 0.6) is 5.75 Å². The summed E-state index contributed by atoms with van der Waals surface area (Å²) in [7, 11) is 1.59. The van der Waals surface area contributed by atoms with Crippen LogP contribution in [0.25, 0.3) is 0 Å². The zero-order valence-corrected chi connectivity index (χ0v) is 10.8. The van der Waals surface area contributed by atoms with Crippen molar-refractivity contribution in [3.8, 4) is 5.75 Å². The molecule has 0 atom stereocenters. The number of halogens is 1. The molecule has 0 aliphatic carbocycles. The number of hydrogen-bond donors (Lipinski definition) is 1. The summed E-state index contributed by atoms with van der Waals surface area (Å²) in [5.74, 6) is 0.903. The Morgan fingerprint density at radius 3 is 2.82 bits per heavy atom. The van der Waals surface area contributed by atoms with Gasteiger partial charge in [0.05, 0.1) is 7.11 Å². The molecule has 94 valence electrons. The fourth-order valence-electron chi connectivity index (χ4n) is 1.65. The number of unbranched alkanes of at least 4 members (excludes halogenated alkanes) is 1. The van der Waals surface area contributed by atoms with E-state index in [1.54, 1.807) is 25.3 Å². The Balaban J connectivity index is 2.60. The molecule has 1 rings (SSSR count). The van der Waals surface area contributed by atoms with Crippen molar-refractivity contribution < 1.29 is 9.53 Å². The van der Waals surface area contributed by atoms with Crippen LogP contribution >= 0.6 is 11.6 Å². The summed E-state index contributed by atoms with van der Waals surface area (Å²) < 4.78 is 5.20. The highest BCUT2D eigenvalue weighted by Crippen LogP contribution is 2.23. The Morgan fingerprint density at radius 1 is 1.41 bits per heavy atom. The van der Waals surface area contributed by atoms with Gasteiger partial charge in [-0.3, -0.25) is 4.79 Å². The third-order valence-corrected chi connectivity index (χ3v) is 2.77. The molecule has 1 aromatic carbocycles. The predicted octanol–water partition coefficient (Wildman–Crippen LogP) is 2.59. The molecule has 17 heavy (non-hydrogen) atoms. The van der Waals surface area contributed by atoms with Crippen LogP contribution in [0.4, 0.5) is 0 Å². The lowest BCUT2D eigenvalue weighted by molar-refractivity contribution is -0.118. The summed E-state index contributed by atoms with van der Waals surface area (Å²) in [6.45, 7) is 0.633. The quantitative estimate of drug-likeness (QED) is 0.762. The molecule has 0 spiro atoms. The van der Waals surface area contributed by atoms with Crippen LogP contribution in [0, 0.1) is 0 Å². The van der Waals surface area contributed by atoms with Gasteiger partial charge in [-0.05, 0) is 37.6 Å². The number of methoxy groups -OCH3 is 1. The number of carbonyl (C=O) groups excluding carboxylic acids is 1. The molecular weight excluding hydrogens is 238 g/mol. The van der Waals surface area contributed by atoms with Crippen LogP contribution in [0.2, 0.25) is 5.02 Å². The first kappa shape index (κ1) is 14.0. The second-order valence-corrected chi connectivity index (χ2v) is 4.35. The van der Waals surface area contributed by atoms with E-state index >= 15 is 0 Å². The first-order valence-electron chi connectivity index (χ1n) is 5.71. The number of rotatable bonds is 7. The first-order valence-corrected chi connectivity index (χ1v) is 6.09. The maximum absolute atomic E-state index is 11.7. The highest BCUT2D eigenvalue weighted by Gasteiger charge is 2.09. The van der Waals surface area contributed by atoms with Crippen molar-refractivity contribution >= 4 is 17.4 Å². The van der Waals surface area contributed by atoms with Gasteiger partial charge in [-0.2, -0.15) is 0 Å². The molecule has 0 aliphatic rings. The Morgan fingerprint density at radius 2 is 2.18 bits per heavy atom. The molecule has 0 saturated carbocycles. The van der Waals surface area contributed by atoms with Crippen LogP contribution in [-0.2, 0) is 11.2 Å². The molecule has 0 unspecified atom stereocenters. The topological polar surface area (TPSA) is 52.3 Å². The summed E-state index contributed by atoms with van der Waals surface area (Å²) in [6.07, 6.45) is 2.66. The lowest BCUT2D eigenvalue weighted by atomic mass is 10.0. The van der Waals surface area contributed by atoms with Gasteiger partial charge in [0.25, 0.3) is 0 Å². The van der Waals surface area contributed by atoms with Crippen molar-refractivity contribution in [2.75, 3.05) is 13.7 Å². The Hall–Kier alpha value is -1.06. The Bertz CT molecular complexity index is 380. The highest BCUT2D eigenvalue weighted by molar-refractivity contribution is 6.30. The van der Waals surface area contributed by atoms with Gasteiger partial charge in [-0.1, -0.05) is 11.6 Å². The van der Waals surface area contributed by atoms with Gasteiger partial charge in [0.15, 0.2) is 0 Å². The number of ether oxygens (including phenoxy) is 1. The van der Waals surface area contributed by atoms with E-state index < -0.39 is 0 Å². The zero-order chi connectivity index (χ0) is 12.7. The summed E-state index contributed by atoms with van der Waals surface area (Å²) in [4.78, 5) is 11.7. The molecule has 3 nitrogen and oxygen atoms in total. The van der Waals surface area contributed by atoms with Crippen molar-refractivity contribution in [3.05, 3.63) is 28.8 Å². The van der Waals surface area contributed by atoms with E-state index in [1.165, 1.54) is 0 Å². The number of ketones is 1. The Kier molecular flexibility index (Phi) is 6.01. The summed E-state index contributed by atoms with van der Waals surface area (Å²) in [5.41, 5.74) is 6.23. The van der Waals surface area contributed by atoms with Gasteiger partial charge >= 0.3 is 0 Å². The predicted molar refractivity (Wildman–Crippen MR) is 69.6 cm³/mol. The van der Waals surface area contributed by atoms with E-state index in [-0.39, 0.29) is 5.78 Å². The molecule has 0 aliphatic heterocycles. The smallest absolute Gasteiger partial charge is 0.137 e. The van der Waals surface area contributed by atoms with Crippen LogP contribution in [0.1, 0.15) is 24.8 Å². The monoisotopic (exact) mass is 255 g/mol. The van der Waals surface area contributed by atoms with E-state index in [9.17, 15) is 4.79 Å². The normalized spacial score (nSPS) is 10.3. The minimum Gasteiger partial charge on any atom is -0.496 e. The molecule has 0 bridgehead atoms. The van der Waals surface area contributed by atoms with Crippen LogP contribution < -0.4 is 10.5 Å². The molecular formula is C13H18ClNO2. The van der Waals surface area contributed by atoms with Crippen molar-refractivity contribution in [1.82, 2.24) is 0 Å². The molecule has 2 N–H and O–H groups in total. The maximum atomic E-state index is 11.7. The van der Waals surface area contributed by atoms with Crippen molar-refractivity contribution in [1.29, 1.82) is 0 Å². The zero-order valence-electron chi connectivity index (χ0n) is 10.0. The van der Waals surface area contributed by atoms with Gasteiger partial charge in [0.2, 0.25) is 0 Å². The first-order chi connectivity index (χ1) is 8.17. The Labute approximate surface area is 107 Å². The third-order valence-electron chi connectivity index (χ3n) is 2.54. The molecule has 0 fully saturated rings. The minimum atomic E-state index is 0.194. The van der Waals surface area contributed by atoms with Gasteiger partial charge in [-0.15, -0.1) is 0 Å². The molecule has 0 radical (unpaired) electrons. The van der Waals surface area contributed by atoms with Gasteiger partial charge in [-0.25, -0.2) is 0 Å². The average Bonchev–Trinajstić information content (AvgIpc) is 2.29. The summed E-state index contributed by atoms with van der Waals surface area (Å²) in [6, 6.07) is 5.31. The van der Waals surface area contributed by atoms with Crippen LogP contribution in [0.15, 0.2) is 18.2 Å². The minimum absolute atomic E-state index is 0.194. The SMILES string of the molecule is COc1ccc(Cl)cc1CC(=O)CCCCN. The lowest BCUT2D eigenvalue weighted by Crippen LogP contribution is -2.06. The number of Topliss-reactive ketones (excluding diaryl/α,β-unsaturated/α-hetero) is 1. The van der Waals surface area contributed by atoms with Crippen molar-refractivity contribution in [2.24, 2.45) is 5.73 Å². The van der Waals surface area contributed by atoms with Crippen molar-refractivity contribution in [2.45, 2.75) is 25.7 Å². The van der Waals surface area contributed by atoms with Crippen LogP contribution in [-0.4, -0.2) is 19.4 Å². The number of nitrogens with two attached hydrogens (primary N) is 1. The summed E-state index contributed by atoms with van der Waals surface area (Å²) in [5, 5.41) is 0.621. The highest BCUT2D eigenvalue weighted by atomic mass is 35.5. The lowest BCUT2D eigenvalue weighted by Gasteiger charge is -2.08. The van der Waals surface area contributed by atoms with E-state index in [0.717, 1.165) is 18.4 Å². The maximum Gasteiger partial charge on any atom is 0.137 e. The largest absolute Gasteiger partial charge is 0.496 e. The fraction of sp³-hybridized carbons (Fsp3) is 0.462. The second kappa shape index (κ2) is 7.30.